The lowest BCUT2D eigenvalue weighted by Gasteiger charge is -2.08. The molecule has 4 aromatic rings. The number of ether oxygens (including phenoxy) is 1. The van der Waals surface area contributed by atoms with E-state index in [1.165, 1.54) is 0 Å². The van der Waals surface area contributed by atoms with Crippen LogP contribution in [0.4, 0.5) is 0 Å². The maximum absolute atomic E-state index is 12.8. The lowest BCUT2D eigenvalue weighted by atomic mass is 10.1. The van der Waals surface area contributed by atoms with Gasteiger partial charge < -0.3 is 14.6 Å². The van der Waals surface area contributed by atoms with E-state index in [2.05, 4.69) is 10.4 Å². The van der Waals surface area contributed by atoms with Crippen molar-refractivity contribution in [2.45, 2.75) is 13.5 Å². The van der Waals surface area contributed by atoms with Crippen molar-refractivity contribution in [1.82, 2.24) is 19.5 Å². The number of rotatable bonds is 7. The van der Waals surface area contributed by atoms with Gasteiger partial charge in [0.1, 0.15) is 11.3 Å². The van der Waals surface area contributed by atoms with Crippen LogP contribution in [0.2, 0.25) is 0 Å². The van der Waals surface area contributed by atoms with Crippen molar-refractivity contribution in [3.8, 4) is 17.0 Å². The Bertz CT molecular complexity index is 1210. The fourth-order valence-electron chi connectivity index (χ4n) is 3.21. The molecule has 0 spiro atoms. The minimum Gasteiger partial charge on any atom is -0.494 e. The third-order valence-corrected chi connectivity index (χ3v) is 4.74. The molecular weight excluding hydrogens is 380 g/mol. The first-order valence-corrected chi connectivity index (χ1v) is 9.81. The average Bonchev–Trinajstić information content (AvgIpc) is 3.22. The summed E-state index contributed by atoms with van der Waals surface area (Å²) in [6, 6.07) is 18.4. The Kier molecular flexibility index (Phi) is 5.61. The number of amides is 1. The van der Waals surface area contributed by atoms with E-state index in [0.29, 0.717) is 36.5 Å². The smallest absolute Gasteiger partial charge is 0.276 e. The first-order valence-electron chi connectivity index (χ1n) is 9.81. The van der Waals surface area contributed by atoms with Crippen LogP contribution in [0.15, 0.2) is 77.9 Å². The van der Waals surface area contributed by atoms with Crippen molar-refractivity contribution < 1.29 is 9.53 Å². The molecule has 2 aromatic heterocycles. The van der Waals surface area contributed by atoms with E-state index in [0.717, 1.165) is 11.3 Å². The van der Waals surface area contributed by atoms with Crippen molar-refractivity contribution in [1.29, 1.82) is 0 Å². The van der Waals surface area contributed by atoms with Gasteiger partial charge in [0.2, 0.25) is 0 Å². The normalized spacial score (nSPS) is 10.8. The van der Waals surface area contributed by atoms with Crippen molar-refractivity contribution in [3.63, 3.8) is 0 Å². The van der Waals surface area contributed by atoms with Gasteiger partial charge in [0, 0.05) is 36.6 Å². The van der Waals surface area contributed by atoms with E-state index >= 15 is 0 Å². The van der Waals surface area contributed by atoms with Gasteiger partial charge in [-0.05, 0) is 49.4 Å². The lowest BCUT2D eigenvalue weighted by Crippen LogP contribution is -2.31. The maximum Gasteiger partial charge on any atom is 0.276 e. The van der Waals surface area contributed by atoms with Gasteiger partial charge in [0.15, 0.2) is 0 Å². The largest absolute Gasteiger partial charge is 0.494 e. The summed E-state index contributed by atoms with van der Waals surface area (Å²) in [5.74, 6) is 0.636. The summed E-state index contributed by atoms with van der Waals surface area (Å²) in [5, 5.41) is 7.34. The molecule has 0 aliphatic heterocycles. The molecule has 2 aromatic carbocycles. The average molecular weight is 402 g/mol. The summed E-state index contributed by atoms with van der Waals surface area (Å²) in [6.45, 7) is 3.27. The van der Waals surface area contributed by atoms with E-state index in [1.54, 1.807) is 39.7 Å². The Morgan fingerprint density at radius 1 is 1.07 bits per heavy atom. The molecule has 4 rings (SSSR count). The number of fused-ring (bicyclic) bond motifs is 1. The summed E-state index contributed by atoms with van der Waals surface area (Å²) in [7, 11) is 0. The van der Waals surface area contributed by atoms with Gasteiger partial charge in [-0.15, -0.1) is 0 Å². The van der Waals surface area contributed by atoms with Crippen LogP contribution < -0.4 is 15.6 Å². The third kappa shape index (κ3) is 4.10. The molecule has 7 heteroatoms. The molecule has 0 radical (unpaired) electrons. The molecule has 0 saturated carbocycles. The zero-order chi connectivity index (χ0) is 20.9. The highest BCUT2D eigenvalue weighted by atomic mass is 16.5. The number of nitrogens with zero attached hydrogens (tertiary/aromatic N) is 3. The zero-order valence-electron chi connectivity index (χ0n) is 16.6. The topological polar surface area (TPSA) is 77.6 Å². The van der Waals surface area contributed by atoms with Gasteiger partial charge in [0.25, 0.3) is 11.5 Å². The highest BCUT2D eigenvalue weighted by molar-refractivity contribution is 5.94. The van der Waals surface area contributed by atoms with Crippen molar-refractivity contribution in [2.75, 3.05) is 13.2 Å². The standard InChI is InChI=1S/C23H22N4O3/c1-2-30-19-10-8-17(9-11-19)20-16-21-23(29)26(14-15-27(21)25-20)13-12-24-22(28)18-6-4-3-5-7-18/h3-11,14-16H,2,12-13H2,1H3,(H,24,28). The second-order valence-corrected chi connectivity index (χ2v) is 6.74. The second-order valence-electron chi connectivity index (χ2n) is 6.74. The van der Waals surface area contributed by atoms with Crippen LogP contribution in [-0.4, -0.2) is 33.2 Å². The summed E-state index contributed by atoms with van der Waals surface area (Å²) < 4.78 is 8.61. The van der Waals surface area contributed by atoms with Crippen LogP contribution in [0.3, 0.4) is 0 Å². The Balaban J connectivity index is 1.48. The predicted octanol–water partition coefficient (Wildman–Crippen LogP) is 2.99. The van der Waals surface area contributed by atoms with Crippen molar-refractivity contribution >= 4 is 11.4 Å². The minimum absolute atomic E-state index is 0.156. The molecule has 0 fully saturated rings. The fraction of sp³-hybridized carbons (Fsp3) is 0.174. The minimum atomic E-state index is -0.160. The summed E-state index contributed by atoms with van der Waals surface area (Å²) in [6.07, 6.45) is 3.42. The lowest BCUT2D eigenvalue weighted by molar-refractivity contribution is 0.0952. The summed E-state index contributed by atoms with van der Waals surface area (Å²) in [4.78, 5) is 25.0. The van der Waals surface area contributed by atoms with E-state index in [-0.39, 0.29) is 11.5 Å². The molecule has 1 N–H and O–H groups in total. The molecule has 0 aliphatic rings. The number of carbonyl (C=O) groups excluding carboxylic acids is 1. The molecule has 2 heterocycles. The number of hydrogen-bond donors (Lipinski definition) is 1. The van der Waals surface area contributed by atoms with Gasteiger partial charge in [-0.2, -0.15) is 5.10 Å². The number of carbonyl (C=O) groups is 1. The Morgan fingerprint density at radius 2 is 1.83 bits per heavy atom. The molecule has 7 nitrogen and oxygen atoms in total. The highest BCUT2D eigenvalue weighted by Gasteiger charge is 2.10. The number of nitrogens with one attached hydrogen (secondary N) is 1. The Labute approximate surface area is 173 Å². The molecule has 1 amide bonds. The third-order valence-electron chi connectivity index (χ3n) is 4.74. The van der Waals surface area contributed by atoms with E-state index in [9.17, 15) is 9.59 Å². The van der Waals surface area contributed by atoms with Crippen LogP contribution in [0, 0.1) is 0 Å². The van der Waals surface area contributed by atoms with Crippen LogP contribution in [0.1, 0.15) is 17.3 Å². The SMILES string of the molecule is CCOc1ccc(-c2cc3c(=O)n(CCNC(=O)c4ccccc4)ccn3n2)cc1. The molecule has 152 valence electrons. The second kappa shape index (κ2) is 8.65. The quantitative estimate of drug-likeness (QED) is 0.516. The monoisotopic (exact) mass is 402 g/mol. The van der Waals surface area contributed by atoms with E-state index in [4.69, 9.17) is 4.74 Å². The Hall–Kier alpha value is -3.87. The summed E-state index contributed by atoms with van der Waals surface area (Å²) >= 11 is 0. The van der Waals surface area contributed by atoms with E-state index < -0.39 is 0 Å². The van der Waals surface area contributed by atoms with Crippen LogP contribution in [-0.2, 0) is 6.54 Å². The maximum atomic E-state index is 12.8. The van der Waals surface area contributed by atoms with Crippen molar-refractivity contribution in [2.24, 2.45) is 0 Å². The van der Waals surface area contributed by atoms with Gasteiger partial charge in [0.05, 0.1) is 12.3 Å². The van der Waals surface area contributed by atoms with Gasteiger partial charge in [-0.25, -0.2) is 4.52 Å². The molecule has 0 saturated heterocycles. The molecule has 0 bridgehead atoms. The number of hydrogen-bond acceptors (Lipinski definition) is 4. The highest BCUT2D eigenvalue weighted by Crippen LogP contribution is 2.21. The first kappa shape index (κ1) is 19.4. The molecule has 0 atom stereocenters. The predicted molar refractivity (Wildman–Crippen MR) is 115 cm³/mol. The van der Waals surface area contributed by atoms with Crippen molar-refractivity contribution in [3.05, 3.63) is 89.0 Å². The first-order chi connectivity index (χ1) is 14.7. The van der Waals surface area contributed by atoms with Crippen LogP contribution in [0.25, 0.3) is 16.8 Å². The van der Waals surface area contributed by atoms with Gasteiger partial charge in [-0.3, -0.25) is 9.59 Å². The van der Waals surface area contributed by atoms with Gasteiger partial charge in [-0.1, -0.05) is 18.2 Å². The van der Waals surface area contributed by atoms with Gasteiger partial charge >= 0.3 is 0 Å². The molecular formula is C23H22N4O3. The zero-order valence-corrected chi connectivity index (χ0v) is 16.6. The van der Waals surface area contributed by atoms with Crippen LogP contribution in [0.5, 0.6) is 5.75 Å². The fourth-order valence-corrected chi connectivity index (χ4v) is 3.21. The molecule has 30 heavy (non-hydrogen) atoms. The molecule has 0 aliphatic carbocycles. The number of benzene rings is 2. The number of aromatic nitrogens is 3. The van der Waals surface area contributed by atoms with Crippen LogP contribution >= 0.6 is 0 Å². The molecule has 0 unspecified atom stereocenters. The Morgan fingerprint density at radius 3 is 2.57 bits per heavy atom. The van der Waals surface area contributed by atoms with E-state index in [1.807, 2.05) is 49.4 Å². The summed E-state index contributed by atoms with van der Waals surface area (Å²) in [5.41, 5.74) is 2.54.